The number of carbonyl (C=O) groups excluding carboxylic acids is 4. The number of aliphatic hydroxyl groups is 1. The first-order valence-electron chi connectivity index (χ1n) is 45.1. The number of hydrogen-bond acceptors (Lipinski definition) is 15. The fourth-order valence-corrected chi connectivity index (χ4v) is 15.2. The molecule has 0 aromatic rings. The Morgan fingerprint density at radius 3 is 0.642 bits per heavy atom. The van der Waals surface area contributed by atoms with Crippen LogP contribution in [0.15, 0.2) is 0 Å². The van der Waals surface area contributed by atoms with Crippen LogP contribution in [0.4, 0.5) is 0 Å². The maximum atomic E-state index is 13.2. The van der Waals surface area contributed by atoms with Crippen molar-refractivity contribution in [2.24, 2.45) is 5.92 Å². The van der Waals surface area contributed by atoms with Gasteiger partial charge in [0.05, 0.1) is 26.4 Å². The molecule has 19 heteroatoms. The standard InChI is InChI=1S/C87H170O17P2/c1-6-9-12-15-18-21-24-27-30-33-35-36-38-40-43-46-49-52-57-63-68-72-86(91)103-82(76-97-84(89)70-65-60-55-50-47-44-42-39-37-34-31-28-25-22-19-16-13-10-7-2)78-101-105(93,94)99-74-81(88)75-100-106(95,96)102-79-83(77-98-85(90)71-66-61-58-53-54-59-64-69-80(4)5)104-87(92)73-67-62-56-51-48-45-41-32-29-26-23-20-17-14-11-8-3/h80-83,88H,6-79H2,1-5H3,(H,93,94)(H,95,96)/t81-,82-,83-/m1/s1. The average Bonchev–Trinajstić information content (AvgIpc) is 0.900. The van der Waals surface area contributed by atoms with E-state index < -0.39 is 97.5 Å². The largest absolute Gasteiger partial charge is 0.472 e. The summed E-state index contributed by atoms with van der Waals surface area (Å²) < 4.78 is 68.9. The molecule has 0 aliphatic heterocycles. The molecule has 2 unspecified atom stereocenters. The number of hydrogen-bond donors (Lipinski definition) is 3. The maximum absolute atomic E-state index is 13.2. The maximum Gasteiger partial charge on any atom is 0.472 e. The molecule has 0 aromatic carbocycles. The molecule has 0 saturated heterocycles. The number of ether oxygens (including phenoxy) is 4. The fraction of sp³-hybridized carbons (Fsp3) is 0.954. The van der Waals surface area contributed by atoms with Gasteiger partial charge in [-0.1, -0.05) is 420 Å². The highest BCUT2D eigenvalue weighted by molar-refractivity contribution is 7.47. The number of phosphoric ester groups is 2. The number of unbranched alkanes of at least 4 members (excludes halogenated alkanes) is 59. The van der Waals surface area contributed by atoms with Gasteiger partial charge in [0.15, 0.2) is 12.2 Å². The smallest absolute Gasteiger partial charge is 0.462 e. The van der Waals surface area contributed by atoms with Gasteiger partial charge in [-0.15, -0.1) is 0 Å². The lowest BCUT2D eigenvalue weighted by Crippen LogP contribution is -2.30. The van der Waals surface area contributed by atoms with Gasteiger partial charge in [0.1, 0.15) is 19.3 Å². The predicted octanol–water partition coefficient (Wildman–Crippen LogP) is 26.8. The van der Waals surface area contributed by atoms with Gasteiger partial charge in [0, 0.05) is 25.7 Å². The zero-order valence-electron chi connectivity index (χ0n) is 69.6. The SMILES string of the molecule is CCCCCCCCCCCCCCCCCCCCCCCC(=O)O[C@H](COC(=O)CCCCCCCCCCCCCCCCCCCCC)COP(=O)(O)OC[C@@H](O)COP(=O)(O)OC[C@@H](COC(=O)CCCCCCCCCC(C)C)OC(=O)CCCCCCCCCCCCCCCCCC. The van der Waals surface area contributed by atoms with E-state index in [1.165, 1.54) is 289 Å². The third-order valence-corrected chi connectivity index (χ3v) is 22.4. The van der Waals surface area contributed by atoms with E-state index >= 15 is 0 Å². The Morgan fingerprint density at radius 1 is 0.255 bits per heavy atom. The van der Waals surface area contributed by atoms with Gasteiger partial charge in [0.2, 0.25) is 0 Å². The van der Waals surface area contributed by atoms with Crippen molar-refractivity contribution in [2.75, 3.05) is 39.6 Å². The highest BCUT2D eigenvalue weighted by Crippen LogP contribution is 2.45. The van der Waals surface area contributed by atoms with Gasteiger partial charge >= 0.3 is 39.5 Å². The van der Waals surface area contributed by atoms with Crippen molar-refractivity contribution in [3.63, 3.8) is 0 Å². The average molecular weight is 1550 g/mol. The quantitative estimate of drug-likeness (QED) is 0.0222. The van der Waals surface area contributed by atoms with Gasteiger partial charge in [-0.3, -0.25) is 37.3 Å². The summed E-state index contributed by atoms with van der Waals surface area (Å²) in [5.74, 6) is -1.39. The molecule has 106 heavy (non-hydrogen) atoms. The van der Waals surface area contributed by atoms with Gasteiger partial charge in [-0.05, 0) is 31.6 Å². The molecule has 0 spiro atoms. The van der Waals surface area contributed by atoms with Crippen molar-refractivity contribution >= 4 is 39.5 Å². The van der Waals surface area contributed by atoms with Crippen molar-refractivity contribution in [1.82, 2.24) is 0 Å². The molecular formula is C87H170O17P2. The summed E-state index contributed by atoms with van der Waals surface area (Å²) in [4.78, 5) is 73.2. The second kappa shape index (κ2) is 79.7. The second-order valence-corrected chi connectivity index (χ2v) is 34.7. The number of phosphoric acid groups is 2. The summed E-state index contributed by atoms with van der Waals surface area (Å²) in [5, 5.41) is 10.7. The van der Waals surface area contributed by atoms with Crippen LogP contribution in [-0.2, 0) is 65.4 Å². The summed E-state index contributed by atoms with van der Waals surface area (Å²) in [6.07, 6.45) is 73.8. The fourth-order valence-electron chi connectivity index (χ4n) is 13.6. The first-order valence-corrected chi connectivity index (χ1v) is 48.1. The third-order valence-electron chi connectivity index (χ3n) is 20.5. The van der Waals surface area contributed by atoms with Crippen LogP contribution >= 0.6 is 15.6 Å². The van der Waals surface area contributed by atoms with E-state index in [2.05, 4.69) is 34.6 Å². The molecule has 630 valence electrons. The normalized spacial score (nSPS) is 13.7. The van der Waals surface area contributed by atoms with E-state index in [9.17, 15) is 43.2 Å². The Bertz CT molecular complexity index is 2010. The van der Waals surface area contributed by atoms with E-state index in [0.29, 0.717) is 31.6 Å². The first kappa shape index (κ1) is 104. The molecular weight excluding hydrogens is 1380 g/mol. The summed E-state index contributed by atoms with van der Waals surface area (Å²) in [6, 6.07) is 0. The number of aliphatic hydroxyl groups excluding tert-OH is 1. The molecule has 0 radical (unpaired) electrons. The third kappa shape index (κ3) is 80.1. The van der Waals surface area contributed by atoms with Crippen molar-refractivity contribution < 1.29 is 80.2 Å². The topological polar surface area (TPSA) is 237 Å². The van der Waals surface area contributed by atoms with Crippen molar-refractivity contribution in [2.45, 2.75) is 490 Å². The van der Waals surface area contributed by atoms with Crippen molar-refractivity contribution in [3.05, 3.63) is 0 Å². The van der Waals surface area contributed by atoms with E-state index in [0.717, 1.165) is 96.3 Å². The zero-order chi connectivity index (χ0) is 77.6. The Kier molecular flexibility index (Phi) is 78.2. The zero-order valence-corrected chi connectivity index (χ0v) is 71.4. The first-order chi connectivity index (χ1) is 51.5. The predicted molar refractivity (Wildman–Crippen MR) is 437 cm³/mol. The lowest BCUT2D eigenvalue weighted by Gasteiger charge is -2.21. The highest BCUT2D eigenvalue weighted by atomic mass is 31.2. The Labute approximate surface area is 651 Å². The van der Waals surface area contributed by atoms with Crippen LogP contribution in [0.5, 0.6) is 0 Å². The van der Waals surface area contributed by atoms with Gasteiger partial charge < -0.3 is 33.8 Å². The van der Waals surface area contributed by atoms with E-state index in [1.807, 2.05) is 0 Å². The van der Waals surface area contributed by atoms with Crippen LogP contribution < -0.4 is 0 Å². The molecule has 0 rings (SSSR count). The highest BCUT2D eigenvalue weighted by Gasteiger charge is 2.30. The molecule has 3 N–H and O–H groups in total. The number of carbonyl (C=O) groups is 4. The molecule has 0 saturated carbocycles. The van der Waals surface area contributed by atoms with Crippen LogP contribution in [0.1, 0.15) is 471 Å². The van der Waals surface area contributed by atoms with Gasteiger partial charge in [0.25, 0.3) is 0 Å². The minimum Gasteiger partial charge on any atom is -0.462 e. The van der Waals surface area contributed by atoms with E-state index in [-0.39, 0.29) is 25.7 Å². The van der Waals surface area contributed by atoms with Crippen LogP contribution in [0.25, 0.3) is 0 Å². The number of rotatable bonds is 87. The molecule has 0 amide bonds. The van der Waals surface area contributed by atoms with Crippen LogP contribution in [0.2, 0.25) is 0 Å². The Balaban J connectivity index is 5.22. The van der Waals surface area contributed by atoms with Crippen molar-refractivity contribution in [3.8, 4) is 0 Å². The molecule has 5 atom stereocenters. The lowest BCUT2D eigenvalue weighted by atomic mass is 10.0. The van der Waals surface area contributed by atoms with E-state index in [4.69, 9.17) is 37.0 Å². The molecule has 0 heterocycles. The molecule has 17 nitrogen and oxygen atoms in total. The van der Waals surface area contributed by atoms with Gasteiger partial charge in [-0.2, -0.15) is 0 Å². The van der Waals surface area contributed by atoms with Crippen LogP contribution in [0.3, 0.4) is 0 Å². The molecule has 0 aliphatic rings. The Hall–Kier alpha value is -1.94. The minimum atomic E-state index is -4.97. The monoisotopic (exact) mass is 1550 g/mol. The molecule has 0 aliphatic carbocycles. The Morgan fingerprint density at radius 2 is 0.434 bits per heavy atom. The summed E-state index contributed by atoms with van der Waals surface area (Å²) >= 11 is 0. The molecule has 0 bridgehead atoms. The van der Waals surface area contributed by atoms with Crippen LogP contribution in [-0.4, -0.2) is 96.7 Å². The second-order valence-electron chi connectivity index (χ2n) is 31.8. The van der Waals surface area contributed by atoms with Crippen molar-refractivity contribution in [1.29, 1.82) is 0 Å². The summed E-state index contributed by atoms with van der Waals surface area (Å²) in [6.45, 7) is 7.32. The minimum absolute atomic E-state index is 0.108. The molecule has 0 aromatic heterocycles. The molecule has 0 fully saturated rings. The summed E-state index contributed by atoms with van der Waals surface area (Å²) in [5.41, 5.74) is 0. The van der Waals surface area contributed by atoms with E-state index in [1.54, 1.807) is 0 Å². The van der Waals surface area contributed by atoms with Crippen LogP contribution in [0, 0.1) is 5.92 Å². The number of esters is 4. The lowest BCUT2D eigenvalue weighted by molar-refractivity contribution is -0.161. The summed E-state index contributed by atoms with van der Waals surface area (Å²) in [7, 11) is -9.93. The van der Waals surface area contributed by atoms with Gasteiger partial charge in [-0.25, -0.2) is 9.13 Å².